The van der Waals surface area contributed by atoms with Gasteiger partial charge in [0.2, 0.25) is 5.89 Å². The number of benzene rings is 1. The molecule has 6 heteroatoms. The number of amides is 2. The number of carbonyl (C=O) groups is 1. The molecule has 6 nitrogen and oxygen atoms in total. The van der Waals surface area contributed by atoms with E-state index in [0.29, 0.717) is 11.6 Å². The summed E-state index contributed by atoms with van der Waals surface area (Å²) in [5, 5.41) is 12.5. The molecule has 0 atom stereocenters. The maximum Gasteiger partial charge on any atom is 0.321 e. The van der Waals surface area contributed by atoms with E-state index in [1.807, 2.05) is 19.1 Å². The number of hydrogen-bond donors (Lipinski definition) is 2. The minimum atomic E-state index is -0.941. The maximum atomic E-state index is 12.1. The van der Waals surface area contributed by atoms with Crippen molar-refractivity contribution in [3.05, 3.63) is 36.2 Å². The summed E-state index contributed by atoms with van der Waals surface area (Å²) in [6, 6.07) is 6.97. The highest BCUT2D eigenvalue weighted by atomic mass is 16.4. The molecule has 1 heterocycles. The van der Waals surface area contributed by atoms with Crippen molar-refractivity contribution in [2.75, 3.05) is 18.9 Å². The van der Waals surface area contributed by atoms with Crippen LogP contribution < -0.4 is 5.32 Å². The number of hydrogen-bond acceptors (Lipinski definition) is 4. The van der Waals surface area contributed by atoms with Gasteiger partial charge in [-0.2, -0.15) is 0 Å². The second-order valence-corrected chi connectivity index (χ2v) is 5.96. The van der Waals surface area contributed by atoms with E-state index in [1.54, 1.807) is 39.2 Å². The molecule has 0 aliphatic carbocycles. The number of nitrogens with one attached hydrogen (secondary N) is 1. The second-order valence-electron chi connectivity index (χ2n) is 5.96. The highest BCUT2D eigenvalue weighted by molar-refractivity contribution is 5.89. The largest absolute Gasteiger partial charge is 0.441 e. The van der Waals surface area contributed by atoms with Crippen molar-refractivity contribution >= 4 is 11.7 Å². The van der Waals surface area contributed by atoms with Crippen molar-refractivity contribution in [1.82, 2.24) is 9.88 Å². The number of nitrogens with zero attached hydrogens (tertiary/aromatic N) is 2. The van der Waals surface area contributed by atoms with Crippen molar-refractivity contribution in [1.29, 1.82) is 0 Å². The lowest BCUT2D eigenvalue weighted by Gasteiger charge is -2.25. The Balaban J connectivity index is 2.09. The lowest BCUT2D eigenvalue weighted by molar-refractivity contribution is 0.0550. The Morgan fingerprint density at radius 1 is 1.45 bits per heavy atom. The smallest absolute Gasteiger partial charge is 0.321 e. The number of aromatic nitrogens is 1. The van der Waals surface area contributed by atoms with Crippen LogP contribution in [0.15, 0.2) is 34.9 Å². The first kappa shape index (κ1) is 16.0. The number of likely N-dealkylation sites (N-methyl/N-ethyl adjacent to an activating group) is 1. The number of oxazole rings is 1. The molecule has 0 bridgehead atoms. The molecule has 0 spiro atoms. The summed E-state index contributed by atoms with van der Waals surface area (Å²) in [7, 11) is 1.63. The third kappa shape index (κ3) is 4.33. The number of aliphatic hydroxyl groups is 1. The van der Waals surface area contributed by atoms with E-state index >= 15 is 0 Å². The lowest BCUT2D eigenvalue weighted by atomic mass is 10.1. The van der Waals surface area contributed by atoms with E-state index in [-0.39, 0.29) is 12.6 Å². The van der Waals surface area contributed by atoms with Gasteiger partial charge in [0.25, 0.3) is 0 Å². The summed E-state index contributed by atoms with van der Waals surface area (Å²) in [5.74, 6) is 1.24. The first-order chi connectivity index (χ1) is 10.2. The molecule has 2 rings (SSSR count). The minimum Gasteiger partial charge on any atom is -0.441 e. The normalized spacial score (nSPS) is 11.3. The number of aryl methyl sites for hydroxylation is 1. The summed E-state index contributed by atoms with van der Waals surface area (Å²) < 4.78 is 5.48. The van der Waals surface area contributed by atoms with Gasteiger partial charge in [-0.3, -0.25) is 0 Å². The van der Waals surface area contributed by atoms with Gasteiger partial charge in [0.1, 0.15) is 5.76 Å². The van der Waals surface area contributed by atoms with Crippen LogP contribution in [0.2, 0.25) is 0 Å². The second kappa shape index (κ2) is 6.19. The zero-order valence-electron chi connectivity index (χ0n) is 13.3. The average Bonchev–Trinajstić information content (AvgIpc) is 2.84. The van der Waals surface area contributed by atoms with Crippen molar-refractivity contribution < 1.29 is 14.3 Å². The van der Waals surface area contributed by atoms with Gasteiger partial charge in [0, 0.05) is 18.3 Å². The Kier molecular flexibility index (Phi) is 4.51. The molecule has 2 aromatic rings. The topological polar surface area (TPSA) is 78.6 Å². The maximum absolute atomic E-state index is 12.1. The molecule has 0 radical (unpaired) electrons. The predicted molar refractivity (Wildman–Crippen MR) is 84.6 cm³/mol. The molecule has 1 aromatic carbocycles. The highest BCUT2D eigenvalue weighted by Gasteiger charge is 2.19. The Morgan fingerprint density at radius 3 is 2.77 bits per heavy atom. The Morgan fingerprint density at radius 2 is 2.18 bits per heavy atom. The van der Waals surface area contributed by atoms with Gasteiger partial charge >= 0.3 is 6.03 Å². The van der Waals surface area contributed by atoms with Crippen LogP contribution in [0.4, 0.5) is 10.5 Å². The van der Waals surface area contributed by atoms with Gasteiger partial charge in [0.15, 0.2) is 0 Å². The molecule has 22 heavy (non-hydrogen) atoms. The molecule has 0 saturated carbocycles. The number of carbonyl (C=O) groups excluding carboxylic acids is 1. The van der Waals surface area contributed by atoms with Crippen molar-refractivity contribution in [2.45, 2.75) is 26.4 Å². The van der Waals surface area contributed by atoms with Crippen molar-refractivity contribution in [3.63, 3.8) is 0 Å². The molecule has 2 amide bonds. The summed E-state index contributed by atoms with van der Waals surface area (Å²) >= 11 is 0. The molecule has 0 aliphatic heterocycles. The first-order valence-electron chi connectivity index (χ1n) is 7.02. The van der Waals surface area contributed by atoms with Gasteiger partial charge < -0.3 is 19.7 Å². The van der Waals surface area contributed by atoms with E-state index < -0.39 is 5.60 Å². The monoisotopic (exact) mass is 303 g/mol. The quantitative estimate of drug-likeness (QED) is 0.910. The summed E-state index contributed by atoms with van der Waals surface area (Å²) in [4.78, 5) is 17.7. The van der Waals surface area contributed by atoms with Crippen molar-refractivity contribution in [2.24, 2.45) is 0 Å². The van der Waals surface area contributed by atoms with E-state index in [4.69, 9.17) is 4.42 Å². The Labute approximate surface area is 129 Å². The van der Waals surface area contributed by atoms with Crippen LogP contribution in [-0.2, 0) is 0 Å². The highest BCUT2D eigenvalue weighted by Crippen LogP contribution is 2.22. The fourth-order valence-corrected chi connectivity index (χ4v) is 2.09. The van der Waals surface area contributed by atoms with Gasteiger partial charge in [-0.15, -0.1) is 0 Å². The van der Waals surface area contributed by atoms with E-state index in [2.05, 4.69) is 10.3 Å². The Hall–Kier alpha value is -2.34. The summed E-state index contributed by atoms with van der Waals surface area (Å²) in [5.41, 5.74) is 0.487. The van der Waals surface area contributed by atoms with Crippen LogP contribution in [0.5, 0.6) is 0 Å². The molecule has 0 unspecified atom stereocenters. The van der Waals surface area contributed by atoms with E-state index in [9.17, 15) is 9.90 Å². The first-order valence-corrected chi connectivity index (χ1v) is 7.02. The minimum absolute atomic E-state index is 0.234. The van der Waals surface area contributed by atoms with Crippen LogP contribution in [0.3, 0.4) is 0 Å². The summed E-state index contributed by atoms with van der Waals surface area (Å²) in [6.45, 7) is 5.37. The van der Waals surface area contributed by atoms with Crippen molar-refractivity contribution in [3.8, 4) is 11.5 Å². The number of rotatable bonds is 4. The fraction of sp³-hybridized carbons (Fsp3) is 0.375. The molecule has 0 aliphatic rings. The molecule has 118 valence electrons. The molecular weight excluding hydrogens is 282 g/mol. The third-order valence-corrected chi connectivity index (χ3v) is 2.95. The average molecular weight is 303 g/mol. The molecular formula is C16H21N3O3. The van der Waals surface area contributed by atoms with Crippen LogP contribution in [0, 0.1) is 6.92 Å². The number of anilines is 1. The third-order valence-electron chi connectivity index (χ3n) is 2.95. The molecule has 0 fully saturated rings. The van der Waals surface area contributed by atoms with Gasteiger partial charge in [-0.05, 0) is 39.0 Å². The molecule has 1 aromatic heterocycles. The predicted octanol–water partition coefficient (Wildman–Crippen LogP) is 2.88. The molecule has 0 saturated heterocycles. The zero-order chi connectivity index (χ0) is 16.3. The zero-order valence-corrected chi connectivity index (χ0v) is 13.3. The molecule has 2 N–H and O–H groups in total. The van der Waals surface area contributed by atoms with Crippen LogP contribution in [0.1, 0.15) is 19.6 Å². The van der Waals surface area contributed by atoms with E-state index in [1.165, 1.54) is 4.90 Å². The number of urea groups is 1. The lowest BCUT2D eigenvalue weighted by Crippen LogP contribution is -2.41. The van der Waals surface area contributed by atoms with E-state index in [0.717, 1.165) is 11.3 Å². The fourth-order valence-electron chi connectivity index (χ4n) is 2.09. The Bertz CT molecular complexity index is 659. The van der Waals surface area contributed by atoms with Gasteiger partial charge in [0.05, 0.1) is 18.3 Å². The van der Waals surface area contributed by atoms with Gasteiger partial charge in [-0.25, -0.2) is 9.78 Å². The van der Waals surface area contributed by atoms with Gasteiger partial charge in [-0.1, -0.05) is 6.07 Å². The SMILES string of the molecule is Cc1cnc(-c2cccc(NC(=O)N(C)CC(C)(C)O)c2)o1. The standard InChI is InChI=1S/C16H21N3O3/c1-11-9-17-14(22-11)12-6-5-7-13(8-12)18-15(20)19(4)10-16(2,3)21/h5-9,21H,10H2,1-4H3,(H,18,20). The van der Waals surface area contributed by atoms with Crippen LogP contribution in [-0.4, -0.2) is 40.2 Å². The summed E-state index contributed by atoms with van der Waals surface area (Å²) in [6.07, 6.45) is 1.65. The van der Waals surface area contributed by atoms with Crippen LogP contribution >= 0.6 is 0 Å². The van der Waals surface area contributed by atoms with Crippen LogP contribution in [0.25, 0.3) is 11.5 Å².